The van der Waals surface area contributed by atoms with Crippen LogP contribution in [0.1, 0.15) is 5.56 Å². The molecule has 0 saturated heterocycles. The van der Waals surface area contributed by atoms with E-state index in [9.17, 15) is 17.5 Å². The van der Waals surface area contributed by atoms with Gasteiger partial charge in [-0.2, -0.15) is 4.72 Å². The lowest BCUT2D eigenvalue weighted by molar-refractivity contribution is 0.456. The Hall–Kier alpha value is -1.53. The van der Waals surface area contributed by atoms with Crippen LogP contribution in [0.2, 0.25) is 0 Å². The van der Waals surface area contributed by atoms with Crippen LogP contribution in [0.5, 0.6) is 11.5 Å². The molecule has 0 atom stereocenters. The summed E-state index contributed by atoms with van der Waals surface area (Å²) in [7, 11) is -6.37. The molecular formula is C17H22ClN3O5S2. The van der Waals surface area contributed by atoms with Crippen LogP contribution >= 0.6 is 22.4 Å². The van der Waals surface area contributed by atoms with E-state index >= 15 is 0 Å². The highest BCUT2D eigenvalue weighted by Gasteiger charge is 2.28. The summed E-state index contributed by atoms with van der Waals surface area (Å²) < 4.78 is 53.9. The first-order valence-electron chi connectivity index (χ1n) is 8.37. The lowest BCUT2D eigenvalue weighted by atomic mass is 10.2. The summed E-state index contributed by atoms with van der Waals surface area (Å²) in [6.45, 7) is 1.06. The molecule has 3 rings (SSSR count). The summed E-state index contributed by atoms with van der Waals surface area (Å²) in [5, 5.41) is 0. The van der Waals surface area contributed by atoms with Gasteiger partial charge < -0.3 is 9.64 Å². The van der Waals surface area contributed by atoms with Gasteiger partial charge >= 0.3 is 0 Å². The molecule has 1 aliphatic rings. The van der Waals surface area contributed by atoms with Crippen LogP contribution in [0.15, 0.2) is 47.4 Å². The van der Waals surface area contributed by atoms with E-state index in [4.69, 9.17) is 16.3 Å². The minimum absolute atomic E-state index is 0.195. The fourth-order valence-corrected chi connectivity index (χ4v) is 4.60. The summed E-state index contributed by atoms with van der Waals surface area (Å²) in [5.74, 6) is 1.41. The number of nitrogens with zero attached hydrogens (tertiary/aromatic N) is 1. The summed E-state index contributed by atoms with van der Waals surface area (Å²) in [6, 6.07) is 12.1. The van der Waals surface area contributed by atoms with Gasteiger partial charge in [0.15, 0.2) is 0 Å². The largest absolute Gasteiger partial charge is 0.457 e. The molecule has 4 N–H and O–H groups in total. The van der Waals surface area contributed by atoms with Crippen molar-refractivity contribution in [3.8, 4) is 11.5 Å². The Morgan fingerprint density at radius 3 is 2.54 bits per heavy atom. The molecule has 0 unspecified atom stereocenters. The van der Waals surface area contributed by atoms with Gasteiger partial charge in [-0.1, -0.05) is 12.1 Å². The third kappa shape index (κ3) is 5.29. The van der Waals surface area contributed by atoms with E-state index in [1.165, 1.54) is 0 Å². The maximum Gasteiger partial charge on any atom is 0.209 e. The number of alkyl halides is 1. The number of ether oxygens (including phenoxy) is 1. The van der Waals surface area contributed by atoms with Gasteiger partial charge in [-0.25, -0.2) is 13.1 Å². The Labute approximate surface area is 171 Å². The third-order valence-electron chi connectivity index (χ3n) is 4.09. The molecule has 0 bridgehead atoms. The predicted molar refractivity (Wildman–Crippen MR) is 112 cm³/mol. The van der Waals surface area contributed by atoms with Gasteiger partial charge in [0.2, 0.25) is 10.0 Å². The van der Waals surface area contributed by atoms with E-state index in [0.717, 1.165) is 11.8 Å². The van der Waals surface area contributed by atoms with Crippen LogP contribution in [-0.4, -0.2) is 42.9 Å². The lowest BCUT2D eigenvalue weighted by Gasteiger charge is -2.43. The van der Waals surface area contributed by atoms with Crippen molar-refractivity contribution in [2.45, 2.75) is 11.4 Å². The number of anilines is 1. The van der Waals surface area contributed by atoms with E-state index < -0.39 is 20.8 Å². The normalized spacial score (nSPS) is 17.1. The maximum absolute atomic E-state index is 11.2. The summed E-state index contributed by atoms with van der Waals surface area (Å²) in [5.41, 5.74) is 1.49. The molecule has 1 aliphatic heterocycles. The van der Waals surface area contributed by atoms with E-state index in [2.05, 4.69) is 9.44 Å². The molecule has 0 fully saturated rings. The zero-order valence-corrected chi connectivity index (χ0v) is 17.5. The van der Waals surface area contributed by atoms with Crippen LogP contribution in [0.25, 0.3) is 0 Å². The van der Waals surface area contributed by atoms with Crippen molar-refractivity contribution in [1.29, 1.82) is 0 Å². The van der Waals surface area contributed by atoms with Crippen molar-refractivity contribution in [1.82, 2.24) is 9.44 Å². The third-order valence-corrected chi connectivity index (χ3v) is 6.40. The highest BCUT2D eigenvalue weighted by atomic mass is 35.5. The number of benzene rings is 2. The highest BCUT2D eigenvalue weighted by Crippen LogP contribution is 2.52. The molecule has 0 aromatic heterocycles. The molecule has 0 radical (unpaired) electrons. The minimum atomic E-state index is -3.25. The zero-order chi connectivity index (χ0) is 20.4. The second-order valence-corrected chi connectivity index (χ2v) is 10.3. The number of fused-ring (bicyclic) bond motifs is 1. The summed E-state index contributed by atoms with van der Waals surface area (Å²) in [6.07, 6.45) is 1.11. The molecule has 154 valence electrons. The van der Waals surface area contributed by atoms with Crippen molar-refractivity contribution in [3.05, 3.63) is 48.0 Å². The lowest BCUT2D eigenvalue weighted by Crippen LogP contribution is -2.41. The molecule has 0 aliphatic carbocycles. The first kappa shape index (κ1) is 21.2. The van der Waals surface area contributed by atoms with E-state index in [0.29, 0.717) is 41.2 Å². The average Bonchev–Trinajstić information content (AvgIpc) is 2.63. The second-order valence-electron chi connectivity index (χ2n) is 6.27. The van der Waals surface area contributed by atoms with Crippen molar-refractivity contribution < 1.29 is 22.3 Å². The monoisotopic (exact) mass is 447 g/mol. The fraction of sp³-hybridized carbons (Fsp3) is 0.294. The summed E-state index contributed by atoms with van der Waals surface area (Å²) in [4.78, 5) is 2.28. The average molecular weight is 448 g/mol. The van der Waals surface area contributed by atoms with E-state index in [-0.39, 0.29) is 6.54 Å². The number of hydrogen-bond donors (Lipinski definition) is 4. The van der Waals surface area contributed by atoms with Crippen LogP contribution in [0.4, 0.5) is 5.69 Å². The minimum Gasteiger partial charge on any atom is -0.457 e. The molecule has 28 heavy (non-hydrogen) atoms. The zero-order valence-electron chi connectivity index (χ0n) is 15.1. The molecule has 2 aromatic carbocycles. The fourth-order valence-electron chi connectivity index (χ4n) is 2.71. The van der Waals surface area contributed by atoms with Gasteiger partial charge in [0, 0.05) is 25.0 Å². The quantitative estimate of drug-likeness (QED) is 0.482. The van der Waals surface area contributed by atoms with Crippen LogP contribution in [0, 0.1) is 0 Å². The molecule has 2 aromatic rings. The Bertz CT molecular complexity index is 938. The number of halogens is 1. The molecule has 0 spiro atoms. The van der Waals surface area contributed by atoms with Gasteiger partial charge in [-0.15, -0.1) is 22.4 Å². The molecule has 0 amide bonds. The summed E-state index contributed by atoms with van der Waals surface area (Å²) >= 11 is 5.82. The van der Waals surface area contributed by atoms with Crippen LogP contribution in [-0.2, 0) is 16.6 Å². The van der Waals surface area contributed by atoms with Gasteiger partial charge in [0.1, 0.15) is 16.4 Å². The van der Waals surface area contributed by atoms with E-state index in [1.54, 1.807) is 42.5 Å². The second kappa shape index (κ2) is 8.46. The van der Waals surface area contributed by atoms with Crippen molar-refractivity contribution >= 4 is 38.1 Å². The Balaban J connectivity index is 1.76. The standard InChI is InChI=1S/C17H22ClN3O5S2/c1-27(22,23)19-11-13-2-4-14(5-3-13)26-15-6-7-16-17(10-15)28(24,25)20-12-21(16)9-8-18/h2-7,10,19-20,24-25H,8-9,11-12H2,1H3. The first-order valence-corrected chi connectivity index (χ1v) is 12.3. The van der Waals surface area contributed by atoms with Crippen molar-refractivity contribution in [2.24, 2.45) is 0 Å². The van der Waals surface area contributed by atoms with Gasteiger partial charge in [0.05, 0.1) is 18.6 Å². The molecule has 8 nitrogen and oxygen atoms in total. The number of nitrogens with one attached hydrogen (secondary N) is 2. The Morgan fingerprint density at radius 2 is 1.89 bits per heavy atom. The smallest absolute Gasteiger partial charge is 0.209 e. The van der Waals surface area contributed by atoms with Gasteiger partial charge in [0.25, 0.3) is 0 Å². The van der Waals surface area contributed by atoms with Crippen LogP contribution in [0.3, 0.4) is 0 Å². The Kier molecular flexibility index (Phi) is 6.40. The first-order chi connectivity index (χ1) is 13.2. The topological polar surface area (TPSA) is 111 Å². The molecule has 11 heteroatoms. The van der Waals surface area contributed by atoms with Crippen molar-refractivity contribution in [2.75, 3.05) is 30.2 Å². The highest BCUT2D eigenvalue weighted by molar-refractivity contribution is 8.22. The SMILES string of the molecule is CS(=O)(=O)NCc1ccc(Oc2ccc3c(c2)S(O)(O)NCN3CCCl)cc1. The van der Waals surface area contributed by atoms with E-state index in [1.807, 2.05) is 4.90 Å². The maximum atomic E-state index is 11.2. The number of hydrogen-bond acceptors (Lipinski definition) is 7. The Morgan fingerprint density at radius 1 is 1.21 bits per heavy atom. The van der Waals surface area contributed by atoms with Gasteiger partial charge in [-0.3, -0.25) is 9.11 Å². The van der Waals surface area contributed by atoms with Gasteiger partial charge in [-0.05, 0) is 29.8 Å². The molecular weight excluding hydrogens is 426 g/mol. The number of rotatable bonds is 7. The van der Waals surface area contributed by atoms with Crippen LogP contribution < -0.4 is 19.1 Å². The predicted octanol–water partition coefficient (Wildman–Crippen LogP) is 3.16. The number of sulfonamides is 1. The molecule has 0 saturated carbocycles. The molecule has 1 heterocycles. The van der Waals surface area contributed by atoms with Crippen molar-refractivity contribution in [3.63, 3.8) is 0 Å².